The van der Waals surface area contributed by atoms with Crippen LogP contribution in [-0.2, 0) is 0 Å². The SMILES string of the molecule is C#CC(F)=C(C=C(C)N=C(N)NC(=O)c1cc(OC)c(OC)c(OC)c1)NC(=O)c1ccccc1. The number of hydrogen-bond acceptors (Lipinski definition) is 6. The van der Waals surface area contributed by atoms with E-state index in [4.69, 9.17) is 26.4 Å². The number of halogens is 1. The molecular weight excluding hydrogens is 455 g/mol. The van der Waals surface area contributed by atoms with Crippen LogP contribution >= 0.6 is 0 Å². The summed E-state index contributed by atoms with van der Waals surface area (Å²) in [4.78, 5) is 29.0. The van der Waals surface area contributed by atoms with E-state index in [2.05, 4.69) is 15.6 Å². The van der Waals surface area contributed by atoms with Crippen molar-refractivity contribution in [3.8, 4) is 29.6 Å². The standard InChI is InChI=1S/C25H25FN4O5/c1-6-18(26)19(29-23(31)16-10-8-7-9-11-16)12-15(2)28-25(27)30-24(32)17-13-20(33-3)22(35-5)21(14-17)34-4/h1,7-14H,2-5H3,(H,29,31)(H3,27,28,30,32). The van der Waals surface area contributed by atoms with Crippen molar-refractivity contribution in [1.82, 2.24) is 10.6 Å². The van der Waals surface area contributed by atoms with Crippen LogP contribution in [-0.4, -0.2) is 39.1 Å². The third kappa shape index (κ3) is 7.10. The van der Waals surface area contributed by atoms with Gasteiger partial charge in [0.25, 0.3) is 11.8 Å². The van der Waals surface area contributed by atoms with Gasteiger partial charge >= 0.3 is 0 Å². The molecule has 10 heteroatoms. The van der Waals surface area contributed by atoms with E-state index >= 15 is 0 Å². The summed E-state index contributed by atoms with van der Waals surface area (Å²) in [6.07, 6.45) is 6.34. The summed E-state index contributed by atoms with van der Waals surface area (Å²) >= 11 is 0. The van der Waals surface area contributed by atoms with Crippen LogP contribution in [0.3, 0.4) is 0 Å². The predicted molar refractivity (Wildman–Crippen MR) is 130 cm³/mol. The zero-order valence-corrected chi connectivity index (χ0v) is 19.6. The Morgan fingerprint density at radius 2 is 1.57 bits per heavy atom. The average Bonchev–Trinajstić information content (AvgIpc) is 2.86. The number of methoxy groups -OCH3 is 3. The van der Waals surface area contributed by atoms with E-state index in [0.717, 1.165) is 0 Å². The van der Waals surface area contributed by atoms with E-state index < -0.39 is 17.6 Å². The van der Waals surface area contributed by atoms with Gasteiger partial charge in [0.15, 0.2) is 17.3 Å². The summed E-state index contributed by atoms with van der Waals surface area (Å²) in [5.41, 5.74) is 6.18. The molecular formula is C25H25FN4O5. The van der Waals surface area contributed by atoms with Gasteiger partial charge < -0.3 is 25.3 Å². The lowest BCUT2D eigenvalue weighted by molar-refractivity contribution is 0.0961. The number of nitrogens with two attached hydrogens (primary N) is 1. The van der Waals surface area contributed by atoms with Crippen molar-refractivity contribution in [2.75, 3.05) is 21.3 Å². The van der Waals surface area contributed by atoms with Gasteiger partial charge in [-0.05, 0) is 43.2 Å². The number of guanidine groups is 1. The Bertz CT molecular complexity index is 1210. The van der Waals surface area contributed by atoms with Gasteiger partial charge in [-0.2, -0.15) is 4.39 Å². The molecule has 0 saturated carbocycles. The highest BCUT2D eigenvalue weighted by molar-refractivity contribution is 6.06. The number of ether oxygens (including phenoxy) is 3. The molecule has 0 aliphatic rings. The molecule has 0 saturated heterocycles. The van der Waals surface area contributed by atoms with Crippen molar-refractivity contribution in [3.63, 3.8) is 0 Å². The number of benzene rings is 2. The van der Waals surface area contributed by atoms with Crippen LogP contribution in [0.5, 0.6) is 17.2 Å². The minimum Gasteiger partial charge on any atom is -0.493 e. The van der Waals surface area contributed by atoms with Gasteiger partial charge in [-0.15, -0.1) is 6.42 Å². The van der Waals surface area contributed by atoms with Crippen molar-refractivity contribution >= 4 is 17.8 Å². The highest BCUT2D eigenvalue weighted by Crippen LogP contribution is 2.38. The Morgan fingerprint density at radius 1 is 1.00 bits per heavy atom. The van der Waals surface area contributed by atoms with Crippen LogP contribution in [0.15, 0.2) is 70.8 Å². The number of nitrogens with zero attached hydrogens (tertiary/aromatic N) is 1. The molecule has 0 spiro atoms. The molecule has 0 aliphatic heterocycles. The molecule has 0 heterocycles. The molecule has 35 heavy (non-hydrogen) atoms. The normalized spacial score (nSPS) is 12.1. The van der Waals surface area contributed by atoms with Crippen molar-refractivity contribution < 1.29 is 28.2 Å². The van der Waals surface area contributed by atoms with Crippen LogP contribution in [0, 0.1) is 12.3 Å². The Kier molecular flexibility index (Phi) is 9.42. The van der Waals surface area contributed by atoms with Gasteiger partial charge in [0.05, 0.1) is 27.0 Å². The number of terminal acetylenes is 1. The number of amides is 2. The number of hydrogen-bond donors (Lipinski definition) is 3. The van der Waals surface area contributed by atoms with Crippen LogP contribution in [0.25, 0.3) is 0 Å². The third-order valence-corrected chi connectivity index (χ3v) is 4.47. The van der Waals surface area contributed by atoms with Gasteiger partial charge in [0, 0.05) is 16.8 Å². The molecule has 2 amide bonds. The maximum atomic E-state index is 14.2. The number of aliphatic imine (C=N–C) groups is 1. The summed E-state index contributed by atoms with van der Waals surface area (Å²) in [7, 11) is 4.27. The third-order valence-electron chi connectivity index (χ3n) is 4.47. The van der Waals surface area contributed by atoms with E-state index in [-0.39, 0.29) is 34.4 Å². The van der Waals surface area contributed by atoms with Crippen molar-refractivity contribution in [2.24, 2.45) is 10.7 Å². The van der Waals surface area contributed by atoms with Gasteiger partial charge in [-0.25, -0.2) is 4.99 Å². The van der Waals surface area contributed by atoms with Gasteiger partial charge in [0.1, 0.15) is 0 Å². The highest BCUT2D eigenvalue weighted by atomic mass is 19.1. The Hall–Kier alpha value is -4.78. The van der Waals surface area contributed by atoms with Crippen LogP contribution in [0.2, 0.25) is 0 Å². The predicted octanol–water partition coefficient (Wildman–Crippen LogP) is 2.91. The summed E-state index contributed by atoms with van der Waals surface area (Å²) in [5.74, 6) is 0.233. The van der Waals surface area contributed by atoms with Gasteiger partial charge in [-0.1, -0.05) is 18.2 Å². The first-order chi connectivity index (χ1) is 16.7. The molecule has 2 rings (SSSR count). The zero-order valence-electron chi connectivity index (χ0n) is 19.6. The summed E-state index contributed by atoms with van der Waals surface area (Å²) in [6, 6.07) is 11.1. The number of carbonyl (C=O) groups is 2. The number of carbonyl (C=O) groups excluding carboxylic acids is 2. The molecule has 0 fully saturated rings. The molecule has 9 nitrogen and oxygen atoms in total. The second kappa shape index (κ2) is 12.5. The van der Waals surface area contributed by atoms with Crippen molar-refractivity contribution in [2.45, 2.75) is 6.92 Å². The van der Waals surface area contributed by atoms with E-state index in [0.29, 0.717) is 11.3 Å². The lowest BCUT2D eigenvalue weighted by Crippen LogP contribution is -2.36. The van der Waals surface area contributed by atoms with E-state index in [9.17, 15) is 14.0 Å². The van der Waals surface area contributed by atoms with Crippen molar-refractivity contribution in [1.29, 1.82) is 0 Å². The Morgan fingerprint density at radius 3 is 2.09 bits per heavy atom. The molecule has 4 N–H and O–H groups in total. The molecule has 182 valence electrons. The fraction of sp³-hybridized carbons (Fsp3) is 0.160. The van der Waals surface area contributed by atoms with Crippen LogP contribution in [0.4, 0.5) is 4.39 Å². The minimum atomic E-state index is -1.01. The molecule has 0 aromatic heterocycles. The fourth-order valence-corrected chi connectivity index (χ4v) is 2.88. The molecule has 0 aliphatic carbocycles. The maximum Gasteiger partial charge on any atom is 0.258 e. The summed E-state index contributed by atoms with van der Waals surface area (Å²) in [5, 5.41) is 4.81. The quantitative estimate of drug-likeness (QED) is 0.231. The molecule has 0 atom stereocenters. The average molecular weight is 480 g/mol. The zero-order chi connectivity index (χ0) is 26.0. The number of allylic oxidation sites excluding steroid dienone is 3. The second-order valence-electron chi connectivity index (χ2n) is 6.84. The molecule has 2 aromatic carbocycles. The number of rotatable bonds is 8. The molecule has 0 unspecified atom stereocenters. The van der Waals surface area contributed by atoms with E-state index in [1.54, 1.807) is 30.3 Å². The topological polar surface area (TPSA) is 124 Å². The number of nitrogens with one attached hydrogen (secondary N) is 2. The Balaban J connectivity index is 2.24. The van der Waals surface area contributed by atoms with Gasteiger partial charge in [0.2, 0.25) is 11.7 Å². The second-order valence-corrected chi connectivity index (χ2v) is 6.84. The fourth-order valence-electron chi connectivity index (χ4n) is 2.88. The largest absolute Gasteiger partial charge is 0.493 e. The maximum absolute atomic E-state index is 14.2. The molecule has 0 radical (unpaired) electrons. The smallest absolute Gasteiger partial charge is 0.258 e. The van der Waals surface area contributed by atoms with Crippen molar-refractivity contribution in [3.05, 3.63) is 76.9 Å². The summed E-state index contributed by atoms with van der Waals surface area (Å²) in [6.45, 7) is 1.48. The first-order valence-electron chi connectivity index (χ1n) is 10.1. The lowest BCUT2D eigenvalue weighted by Gasteiger charge is -2.14. The summed E-state index contributed by atoms with van der Waals surface area (Å²) < 4.78 is 29.9. The monoisotopic (exact) mass is 480 g/mol. The van der Waals surface area contributed by atoms with Crippen LogP contribution in [0.1, 0.15) is 27.6 Å². The molecule has 2 aromatic rings. The Labute approximate surface area is 202 Å². The first kappa shape index (κ1) is 26.5. The first-order valence-corrected chi connectivity index (χ1v) is 10.1. The minimum absolute atomic E-state index is 0.154. The highest BCUT2D eigenvalue weighted by Gasteiger charge is 2.17. The van der Waals surface area contributed by atoms with E-state index in [1.165, 1.54) is 46.5 Å². The van der Waals surface area contributed by atoms with Gasteiger partial charge in [-0.3, -0.25) is 14.9 Å². The lowest BCUT2D eigenvalue weighted by atomic mass is 10.1. The van der Waals surface area contributed by atoms with Crippen LogP contribution < -0.4 is 30.6 Å². The van der Waals surface area contributed by atoms with E-state index in [1.807, 2.05) is 5.92 Å². The molecule has 0 bridgehead atoms.